The SMILES string of the molecule is CCCOCCCn1c(CC)c[nH]c1=S. The van der Waals surface area contributed by atoms with E-state index in [1.54, 1.807) is 0 Å². The molecule has 1 rings (SSSR count). The molecule has 0 bridgehead atoms. The lowest BCUT2D eigenvalue weighted by Crippen LogP contribution is -2.06. The number of nitrogens with one attached hydrogen (secondary N) is 1. The highest BCUT2D eigenvalue weighted by molar-refractivity contribution is 7.71. The van der Waals surface area contributed by atoms with E-state index in [2.05, 4.69) is 23.4 Å². The van der Waals surface area contributed by atoms with Gasteiger partial charge in [0.05, 0.1) is 0 Å². The number of aromatic amines is 1. The molecule has 1 aromatic heterocycles. The Bertz CT molecular complexity index is 330. The molecule has 0 atom stereocenters. The van der Waals surface area contributed by atoms with Crippen molar-refractivity contribution in [3.8, 4) is 0 Å². The molecule has 0 radical (unpaired) electrons. The van der Waals surface area contributed by atoms with Gasteiger partial charge >= 0.3 is 0 Å². The summed E-state index contributed by atoms with van der Waals surface area (Å²) in [4.78, 5) is 3.08. The van der Waals surface area contributed by atoms with E-state index in [4.69, 9.17) is 17.0 Å². The molecular weight excluding hydrogens is 208 g/mol. The highest BCUT2D eigenvalue weighted by Crippen LogP contribution is 2.04. The van der Waals surface area contributed by atoms with E-state index in [0.717, 1.165) is 43.8 Å². The van der Waals surface area contributed by atoms with Crippen LogP contribution in [0.25, 0.3) is 0 Å². The summed E-state index contributed by atoms with van der Waals surface area (Å²) in [6.07, 6.45) is 5.13. The Balaban J connectivity index is 2.36. The van der Waals surface area contributed by atoms with Crippen LogP contribution in [0.4, 0.5) is 0 Å². The molecule has 0 spiro atoms. The van der Waals surface area contributed by atoms with Crippen molar-refractivity contribution in [3.63, 3.8) is 0 Å². The summed E-state index contributed by atoms with van der Waals surface area (Å²) < 4.78 is 8.42. The maximum absolute atomic E-state index is 5.44. The molecule has 0 unspecified atom stereocenters. The van der Waals surface area contributed by atoms with Gasteiger partial charge in [-0.2, -0.15) is 0 Å². The molecule has 1 aromatic rings. The van der Waals surface area contributed by atoms with Gasteiger partial charge < -0.3 is 14.3 Å². The molecule has 0 aliphatic rings. The first kappa shape index (κ1) is 12.5. The number of H-pyrrole nitrogens is 1. The van der Waals surface area contributed by atoms with Crippen LogP contribution in [0.1, 0.15) is 32.4 Å². The van der Waals surface area contributed by atoms with Crippen molar-refractivity contribution < 1.29 is 4.74 Å². The molecule has 1 heterocycles. The minimum Gasteiger partial charge on any atom is -0.381 e. The molecule has 0 fully saturated rings. The van der Waals surface area contributed by atoms with Gasteiger partial charge in [0.2, 0.25) is 0 Å². The normalized spacial score (nSPS) is 10.8. The third kappa shape index (κ3) is 3.80. The standard InChI is InChI=1S/C11H20N2OS/c1-3-7-14-8-5-6-13-10(4-2)9-12-11(13)15/h9H,3-8H2,1-2H3,(H,12,15). The number of nitrogens with zero attached hydrogens (tertiary/aromatic N) is 1. The van der Waals surface area contributed by atoms with Crippen molar-refractivity contribution in [1.82, 2.24) is 9.55 Å². The van der Waals surface area contributed by atoms with E-state index in [9.17, 15) is 0 Å². The molecule has 3 nitrogen and oxygen atoms in total. The molecule has 0 saturated carbocycles. The van der Waals surface area contributed by atoms with Gasteiger partial charge in [-0.25, -0.2) is 0 Å². The highest BCUT2D eigenvalue weighted by Gasteiger charge is 2.00. The summed E-state index contributed by atoms with van der Waals surface area (Å²) in [7, 11) is 0. The Morgan fingerprint density at radius 2 is 2.20 bits per heavy atom. The van der Waals surface area contributed by atoms with Crippen LogP contribution in [-0.4, -0.2) is 22.8 Å². The number of imidazole rings is 1. The predicted molar refractivity (Wildman–Crippen MR) is 64.7 cm³/mol. The quantitative estimate of drug-likeness (QED) is 0.574. The molecule has 15 heavy (non-hydrogen) atoms. The molecule has 1 N–H and O–H groups in total. The van der Waals surface area contributed by atoms with Gasteiger partial charge in [-0.15, -0.1) is 0 Å². The van der Waals surface area contributed by atoms with Crippen LogP contribution in [0.2, 0.25) is 0 Å². The Hall–Kier alpha value is -0.610. The maximum Gasteiger partial charge on any atom is 0.177 e. The zero-order valence-corrected chi connectivity index (χ0v) is 10.4. The maximum atomic E-state index is 5.44. The molecule has 0 aliphatic carbocycles. The van der Waals surface area contributed by atoms with E-state index >= 15 is 0 Å². The first-order valence-electron chi connectivity index (χ1n) is 5.64. The third-order valence-corrected chi connectivity index (χ3v) is 2.67. The lowest BCUT2D eigenvalue weighted by Gasteiger charge is -2.06. The van der Waals surface area contributed by atoms with Crippen molar-refractivity contribution in [1.29, 1.82) is 0 Å². The number of hydrogen-bond donors (Lipinski definition) is 1. The smallest absolute Gasteiger partial charge is 0.177 e. The van der Waals surface area contributed by atoms with Gasteiger partial charge in [0.25, 0.3) is 0 Å². The van der Waals surface area contributed by atoms with Crippen molar-refractivity contribution in [2.45, 2.75) is 39.7 Å². The van der Waals surface area contributed by atoms with Gasteiger partial charge in [-0.05, 0) is 31.5 Å². The number of hydrogen-bond acceptors (Lipinski definition) is 2. The number of rotatable bonds is 7. The minimum absolute atomic E-state index is 0.822. The average molecular weight is 228 g/mol. The monoisotopic (exact) mass is 228 g/mol. The van der Waals surface area contributed by atoms with E-state index < -0.39 is 0 Å². The van der Waals surface area contributed by atoms with Crippen LogP contribution < -0.4 is 0 Å². The number of ether oxygens (including phenoxy) is 1. The van der Waals surface area contributed by atoms with Gasteiger partial charge in [-0.1, -0.05) is 13.8 Å². The molecule has 0 aliphatic heterocycles. The summed E-state index contributed by atoms with van der Waals surface area (Å²) in [6.45, 7) is 6.90. The Kier molecular flexibility index (Phi) is 5.65. The van der Waals surface area contributed by atoms with Crippen LogP contribution in [0, 0.1) is 4.77 Å². The summed E-state index contributed by atoms with van der Waals surface area (Å²) >= 11 is 5.21. The van der Waals surface area contributed by atoms with E-state index in [1.807, 2.05) is 6.20 Å². The molecule has 0 saturated heterocycles. The first-order chi connectivity index (χ1) is 7.29. The molecule has 4 heteroatoms. The van der Waals surface area contributed by atoms with Crippen LogP contribution in [-0.2, 0) is 17.7 Å². The minimum atomic E-state index is 0.822. The Morgan fingerprint density at radius 1 is 1.40 bits per heavy atom. The molecule has 0 aromatic carbocycles. The lowest BCUT2D eigenvalue weighted by atomic mass is 10.3. The Morgan fingerprint density at radius 3 is 2.87 bits per heavy atom. The van der Waals surface area contributed by atoms with Gasteiger partial charge in [0.1, 0.15) is 0 Å². The first-order valence-corrected chi connectivity index (χ1v) is 6.05. The van der Waals surface area contributed by atoms with Crippen molar-refractivity contribution in [2.75, 3.05) is 13.2 Å². The van der Waals surface area contributed by atoms with E-state index in [-0.39, 0.29) is 0 Å². The van der Waals surface area contributed by atoms with E-state index in [1.165, 1.54) is 5.69 Å². The van der Waals surface area contributed by atoms with Crippen molar-refractivity contribution >= 4 is 12.2 Å². The summed E-state index contributed by atoms with van der Waals surface area (Å²) in [5.41, 5.74) is 1.27. The van der Waals surface area contributed by atoms with Gasteiger partial charge in [0, 0.05) is 31.6 Å². The zero-order valence-electron chi connectivity index (χ0n) is 9.58. The summed E-state index contributed by atoms with van der Waals surface area (Å²) in [5, 5.41) is 0. The summed E-state index contributed by atoms with van der Waals surface area (Å²) in [6, 6.07) is 0. The van der Waals surface area contributed by atoms with Gasteiger partial charge in [-0.3, -0.25) is 0 Å². The second-order valence-corrected chi connectivity index (χ2v) is 3.94. The number of aromatic nitrogens is 2. The molecular formula is C11H20N2OS. The van der Waals surface area contributed by atoms with Gasteiger partial charge in [0.15, 0.2) is 4.77 Å². The van der Waals surface area contributed by atoms with Crippen LogP contribution in [0.3, 0.4) is 0 Å². The average Bonchev–Trinajstić information content (AvgIpc) is 2.60. The topological polar surface area (TPSA) is 29.9 Å². The predicted octanol–water partition coefficient (Wildman–Crippen LogP) is 2.92. The fourth-order valence-electron chi connectivity index (χ4n) is 1.54. The van der Waals surface area contributed by atoms with Crippen LogP contribution >= 0.6 is 12.2 Å². The van der Waals surface area contributed by atoms with E-state index in [0.29, 0.717) is 0 Å². The fraction of sp³-hybridized carbons (Fsp3) is 0.727. The number of aryl methyl sites for hydroxylation is 1. The highest BCUT2D eigenvalue weighted by atomic mass is 32.1. The fourth-order valence-corrected chi connectivity index (χ4v) is 1.81. The third-order valence-electron chi connectivity index (χ3n) is 2.34. The molecule has 0 amide bonds. The summed E-state index contributed by atoms with van der Waals surface area (Å²) in [5.74, 6) is 0. The second-order valence-electron chi connectivity index (χ2n) is 3.56. The molecule has 86 valence electrons. The van der Waals surface area contributed by atoms with Crippen molar-refractivity contribution in [3.05, 3.63) is 16.7 Å². The van der Waals surface area contributed by atoms with Crippen LogP contribution in [0.5, 0.6) is 0 Å². The largest absolute Gasteiger partial charge is 0.381 e. The lowest BCUT2D eigenvalue weighted by molar-refractivity contribution is 0.129. The zero-order chi connectivity index (χ0) is 11.1. The Labute approximate surface area is 96.5 Å². The van der Waals surface area contributed by atoms with Crippen molar-refractivity contribution in [2.24, 2.45) is 0 Å². The second kappa shape index (κ2) is 6.80. The van der Waals surface area contributed by atoms with Crippen LogP contribution in [0.15, 0.2) is 6.20 Å².